The van der Waals surface area contributed by atoms with E-state index in [-0.39, 0.29) is 22.1 Å². The van der Waals surface area contributed by atoms with Crippen LogP contribution < -0.4 is 4.72 Å². The first-order chi connectivity index (χ1) is 9.83. The molecule has 1 atom stereocenters. The second kappa shape index (κ2) is 6.15. The predicted octanol–water partition coefficient (Wildman–Crippen LogP) is 2.55. The van der Waals surface area contributed by atoms with Gasteiger partial charge < -0.3 is 5.11 Å². The molecule has 2 rings (SSSR count). The van der Waals surface area contributed by atoms with E-state index in [0.717, 1.165) is 25.7 Å². The van der Waals surface area contributed by atoms with Gasteiger partial charge in [-0.05, 0) is 50.3 Å². The van der Waals surface area contributed by atoms with Crippen LogP contribution in [0.3, 0.4) is 0 Å². The molecule has 116 valence electrons. The van der Waals surface area contributed by atoms with E-state index >= 15 is 0 Å². The van der Waals surface area contributed by atoms with E-state index in [0.29, 0.717) is 5.92 Å². The van der Waals surface area contributed by atoms with Gasteiger partial charge in [0.25, 0.3) is 0 Å². The number of sulfonamides is 1. The van der Waals surface area contributed by atoms with Crippen LogP contribution in [0, 0.1) is 12.8 Å². The molecule has 6 heteroatoms. The molecule has 0 heterocycles. The third-order valence-electron chi connectivity index (χ3n) is 4.25. The van der Waals surface area contributed by atoms with E-state index in [1.54, 1.807) is 0 Å². The van der Waals surface area contributed by atoms with E-state index in [1.807, 2.05) is 6.92 Å². The maximum atomic E-state index is 12.5. The van der Waals surface area contributed by atoms with Crippen molar-refractivity contribution in [2.45, 2.75) is 50.5 Å². The lowest BCUT2D eigenvalue weighted by atomic mass is 10.0. The molecule has 5 nitrogen and oxygen atoms in total. The zero-order valence-electron chi connectivity index (χ0n) is 12.3. The van der Waals surface area contributed by atoms with Crippen molar-refractivity contribution in [2.24, 2.45) is 5.92 Å². The summed E-state index contributed by atoms with van der Waals surface area (Å²) < 4.78 is 27.7. The van der Waals surface area contributed by atoms with Gasteiger partial charge in [-0.15, -0.1) is 0 Å². The minimum absolute atomic E-state index is 0.0198. The maximum Gasteiger partial charge on any atom is 0.335 e. The highest BCUT2D eigenvalue weighted by atomic mass is 32.2. The minimum atomic E-state index is -3.70. The van der Waals surface area contributed by atoms with Crippen molar-refractivity contribution in [3.8, 4) is 0 Å². The van der Waals surface area contributed by atoms with Gasteiger partial charge in [0.05, 0.1) is 10.5 Å². The van der Waals surface area contributed by atoms with Crippen LogP contribution in [0.1, 0.15) is 48.5 Å². The number of hydrogen-bond donors (Lipinski definition) is 2. The highest BCUT2D eigenvalue weighted by molar-refractivity contribution is 7.89. The fraction of sp³-hybridized carbons (Fsp3) is 0.533. The Kier molecular flexibility index (Phi) is 4.68. The molecule has 1 aliphatic rings. The molecule has 0 spiro atoms. The van der Waals surface area contributed by atoms with E-state index < -0.39 is 16.0 Å². The maximum absolute atomic E-state index is 12.5. The number of hydrogen-bond acceptors (Lipinski definition) is 3. The van der Waals surface area contributed by atoms with Crippen LogP contribution in [0.15, 0.2) is 23.1 Å². The van der Waals surface area contributed by atoms with Crippen molar-refractivity contribution >= 4 is 16.0 Å². The number of nitrogens with one attached hydrogen (secondary N) is 1. The van der Waals surface area contributed by atoms with Crippen LogP contribution in [0.25, 0.3) is 0 Å². The van der Waals surface area contributed by atoms with Gasteiger partial charge >= 0.3 is 5.97 Å². The fourth-order valence-electron chi connectivity index (χ4n) is 3.00. The number of benzene rings is 1. The zero-order valence-corrected chi connectivity index (χ0v) is 13.1. The molecule has 0 aromatic heterocycles. The topological polar surface area (TPSA) is 83.5 Å². The molecule has 2 N–H and O–H groups in total. The van der Waals surface area contributed by atoms with Crippen LogP contribution in [-0.4, -0.2) is 25.5 Å². The molecule has 1 aliphatic carbocycles. The molecule has 1 aromatic carbocycles. The van der Waals surface area contributed by atoms with Crippen molar-refractivity contribution in [3.05, 3.63) is 29.3 Å². The molecule has 0 saturated heterocycles. The van der Waals surface area contributed by atoms with Crippen molar-refractivity contribution in [1.82, 2.24) is 4.72 Å². The Morgan fingerprint density at radius 1 is 1.33 bits per heavy atom. The van der Waals surface area contributed by atoms with Gasteiger partial charge in [-0.2, -0.15) is 0 Å². The Morgan fingerprint density at radius 2 is 1.95 bits per heavy atom. The van der Waals surface area contributed by atoms with Crippen molar-refractivity contribution < 1.29 is 18.3 Å². The Hall–Kier alpha value is -1.40. The molecule has 1 fully saturated rings. The summed E-state index contributed by atoms with van der Waals surface area (Å²) in [5.41, 5.74) is 0.294. The van der Waals surface area contributed by atoms with Crippen LogP contribution in [0.5, 0.6) is 0 Å². The summed E-state index contributed by atoms with van der Waals surface area (Å²) in [5, 5.41) is 9.10. The van der Waals surface area contributed by atoms with Gasteiger partial charge in [0.2, 0.25) is 10.0 Å². The Labute approximate surface area is 125 Å². The highest BCUT2D eigenvalue weighted by Gasteiger charge is 2.27. The van der Waals surface area contributed by atoms with Gasteiger partial charge in [0, 0.05) is 6.04 Å². The van der Waals surface area contributed by atoms with Gasteiger partial charge in [-0.25, -0.2) is 17.9 Å². The summed E-state index contributed by atoms with van der Waals surface area (Å²) in [6.07, 6.45) is 4.37. The van der Waals surface area contributed by atoms with E-state index in [1.165, 1.54) is 25.1 Å². The molecule has 0 bridgehead atoms. The summed E-state index contributed by atoms with van der Waals surface area (Å²) in [6, 6.07) is 4.19. The van der Waals surface area contributed by atoms with Gasteiger partial charge in [-0.3, -0.25) is 0 Å². The molecule has 0 unspecified atom stereocenters. The van der Waals surface area contributed by atoms with Crippen LogP contribution in [-0.2, 0) is 10.0 Å². The zero-order chi connectivity index (χ0) is 15.6. The van der Waals surface area contributed by atoms with Crippen molar-refractivity contribution in [3.63, 3.8) is 0 Å². The predicted molar refractivity (Wildman–Crippen MR) is 79.9 cm³/mol. The average Bonchev–Trinajstić information content (AvgIpc) is 2.91. The fourth-order valence-corrected chi connectivity index (χ4v) is 4.58. The molecule has 0 amide bonds. The normalized spacial score (nSPS) is 17.8. The molecule has 21 heavy (non-hydrogen) atoms. The monoisotopic (exact) mass is 311 g/mol. The Morgan fingerprint density at radius 3 is 2.52 bits per heavy atom. The first-order valence-electron chi connectivity index (χ1n) is 7.18. The quantitative estimate of drug-likeness (QED) is 0.875. The number of carboxylic acid groups (broad SMARTS) is 1. The first-order valence-corrected chi connectivity index (χ1v) is 8.66. The number of carbonyl (C=O) groups is 1. The standard InChI is InChI=1S/C15H21NO4S/c1-10-13(15(17)18)8-5-9-14(10)21(19,20)16-11(2)12-6-3-4-7-12/h5,8-9,11-12,16H,3-4,6-7H2,1-2H3,(H,17,18)/t11-/m1/s1. The lowest BCUT2D eigenvalue weighted by Gasteiger charge is -2.21. The summed E-state index contributed by atoms with van der Waals surface area (Å²) in [7, 11) is -3.70. The van der Waals surface area contributed by atoms with Crippen LogP contribution in [0.4, 0.5) is 0 Å². The lowest BCUT2D eigenvalue weighted by Crippen LogP contribution is -2.37. The molecule has 1 saturated carbocycles. The number of aromatic carboxylic acids is 1. The van der Waals surface area contributed by atoms with E-state index in [4.69, 9.17) is 5.11 Å². The number of carboxylic acids is 1. The average molecular weight is 311 g/mol. The SMILES string of the molecule is Cc1c(C(=O)O)cccc1S(=O)(=O)N[C@H](C)C1CCCC1. The lowest BCUT2D eigenvalue weighted by molar-refractivity contribution is 0.0696. The van der Waals surface area contributed by atoms with Crippen LogP contribution >= 0.6 is 0 Å². The minimum Gasteiger partial charge on any atom is -0.478 e. The van der Waals surface area contributed by atoms with E-state index in [2.05, 4.69) is 4.72 Å². The second-order valence-corrected chi connectivity index (χ2v) is 7.37. The van der Waals surface area contributed by atoms with Gasteiger partial charge in [0.15, 0.2) is 0 Å². The van der Waals surface area contributed by atoms with Gasteiger partial charge in [-0.1, -0.05) is 18.9 Å². The molecular formula is C15H21NO4S. The summed E-state index contributed by atoms with van der Waals surface area (Å²) >= 11 is 0. The van der Waals surface area contributed by atoms with Crippen molar-refractivity contribution in [2.75, 3.05) is 0 Å². The van der Waals surface area contributed by atoms with E-state index in [9.17, 15) is 13.2 Å². The largest absolute Gasteiger partial charge is 0.478 e. The molecule has 0 radical (unpaired) electrons. The van der Waals surface area contributed by atoms with Gasteiger partial charge in [0.1, 0.15) is 0 Å². The van der Waals surface area contributed by atoms with Crippen LogP contribution in [0.2, 0.25) is 0 Å². The first kappa shape index (κ1) is 16.0. The Balaban J connectivity index is 2.27. The summed E-state index contributed by atoms with van der Waals surface area (Å²) in [6.45, 7) is 3.40. The second-order valence-electron chi connectivity index (χ2n) is 5.69. The third-order valence-corrected chi connectivity index (χ3v) is 5.96. The highest BCUT2D eigenvalue weighted by Crippen LogP contribution is 2.28. The van der Waals surface area contributed by atoms with Crippen molar-refractivity contribution in [1.29, 1.82) is 0 Å². The Bertz CT molecular complexity index is 633. The molecule has 0 aliphatic heterocycles. The third kappa shape index (κ3) is 3.44. The molecular weight excluding hydrogens is 290 g/mol. The summed E-state index contributed by atoms with van der Waals surface area (Å²) in [4.78, 5) is 11.2. The molecule has 1 aromatic rings. The number of rotatable bonds is 5. The summed E-state index contributed by atoms with van der Waals surface area (Å²) in [5.74, 6) is -0.754. The smallest absolute Gasteiger partial charge is 0.335 e.